The Hall–Kier alpha value is -1.10. The zero-order chi connectivity index (χ0) is 10.7. The largest absolute Gasteiger partial charge is 0.352 e. The van der Waals surface area contributed by atoms with Gasteiger partial charge in [-0.15, -0.1) is 0 Å². The number of rotatable bonds is 3. The molecule has 0 atom stereocenters. The second-order valence-electron chi connectivity index (χ2n) is 3.45. The van der Waals surface area contributed by atoms with Crippen molar-refractivity contribution < 1.29 is 4.79 Å². The van der Waals surface area contributed by atoms with Gasteiger partial charge in [-0.05, 0) is 20.8 Å². The smallest absolute Gasteiger partial charge is 0.307 e. The lowest BCUT2D eigenvalue weighted by Crippen LogP contribution is -2.35. The number of nitrogens with zero attached hydrogens (tertiary/aromatic N) is 1. The molecule has 0 spiro atoms. The predicted molar refractivity (Wildman–Crippen MR) is 56.6 cm³/mol. The van der Waals surface area contributed by atoms with E-state index in [4.69, 9.17) is 0 Å². The first-order chi connectivity index (χ1) is 6.50. The maximum Gasteiger partial charge on any atom is 0.307 e. The molecule has 1 aromatic rings. The van der Waals surface area contributed by atoms with Gasteiger partial charge in [-0.2, -0.15) is 0 Å². The fraction of sp³-hybridized carbons (Fsp3) is 0.556. The number of aryl methyl sites for hydroxylation is 1. The topological polar surface area (TPSA) is 51.1 Å². The summed E-state index contributed by atoms with van der Waals surface area (Å²) in [5.41, 5.74) is 0.832. The molecule has 1 heterocycles. The van der Waals surface area contributed by atoms with Crippen molar-refractivity contribution in [3.05, 3.63) is 20.7 Å². The number of amides is 1. The Bertz CT molecular complexity index is 378. The van der Waals surface area contributed by atoms with Crippen molar-refractivity contribution in [1.29, 1.82) is 0 Å². The third-order valence-electron chi connectivity index (χ3n) is 1.73. The van der Waals surface area contributed by atoms with Crippen LogP contribution in [0.4, 0.5) is 0 Å². The van der Waals surface area contributed by atoms with Crippen molar-refractivity contribution in [3.8, 4) is 0 Å². The van der Waals surface area contributed by atoms with Crippen LogP contribution >= 0.6 is 11.3 Å². The van der Waals surface area contributed by atoms with Crippen LogP contribution in [0.1, 0.15) is 19.5 Å². The van der Waals surface area contributed by atoms with E-state index in [1.807, 2.05) is 20.8 Å². The Labute approximate surface area is 86.6 Å². The average molecular weight is 214 g/mol. The molecule has 0 radical (unpaired) electrons. The summed E-state index contributed by atoms with van der Waals surface area (Å²) in [5, 5.41) is 4.50. The number of hydrogen-bond donors (Lipinski definition) is 1. The number of nitrogens with one attached hydrogen (secondary N) is 1. The molecule has 0 saturated carbocycles. The van der Waals surface area contributed by atoms with E-state index in [1.165, 1.54) is 4.57 Å². The highest BCUT2D eigenvalue weighted by molar-refractivity contribution is 7.07. The molecule has 0 aliphatic rings. The summed E-state index contributed by atoms with van der Waals surface area (Å²) in [5.74, 6) is -0.122. The molecule has 4 nitrogen and oxygen atoms in total. The third-order valence-corrected chi connectivity index (χ3v) is 2.61. The molecule has 14 heavy (non-hydrogen) atoms. The van der Waals surface area contributed by atoms with Crippen molar-refractivity contribution in [2.75, 3.05) is 0 Å². The minimum atomic E-state index is -0.122. The van der Waals surface area contributed by atoms with Gasteiger partial charge in [0, 0.05) is 17.1 Å². The zero-order valence-corrected chi connectivity index (χ0v) is 9.35. The molecular formula is C9H14N2O2S. The van der Waals surface area contributed by atoms with Crippen molar-refractivity contribution in [2.24, 2.45) is 0 Å². The van der Waals surface area contributed by atoms with Gasteiger partial charge in [-0.1, -0.05) is 11.3 Å². The van der Waals surface area contributed by atoms with E-state index >= 15 is 0 Å². The van der Waals surface area contributed by atoms with Gasteiger partial charge < -0.3 is 5.32 Å². The first kappa shape index (κ1) is 11.0. The summed E-state index contributed by atoms with van der Waals surface area (Å²) in [6, 6.07) is 0.108. The molecule has 0 aliphatic carbocycles. The van der Waals surface area contributed by atoms with Crippen LogP contribution in [0.2, 0.25) is 0 Å². The SMILES string of the molecule is Cc1csc(=O)n1CC(=O)NC(C)C. The van der Waals surface area contributed by atoms with Gasteiger partial charge in [-0.3, -0.25) is 14.2 Å². The van der Waals surface area contributed by atoms with Crippen LogP contribution in [0.3, 0.4) is 0 Å². The van der Waals surface area contributed by atoms with Crippen LogP contribution in [0.5, 0.6) is 0 Å². The van der Waals surface area contributed by atoms with Gasteiger partial charge in [0.2, 0.25) is 5.91 Å². The molecular weight excluding hydrogens is 200 g/mol. The number of carbonyl (C=O) groups excluding carboxylic acids is 1. The lowest BCUT2D eigenvalue weighted by molar-refractivity contribution is -0.122. The molecule has 0 aliphatic heterocycles. The maximum atomic E-state index is 11.4. The summed E-state index contributed by atoms with van der Waals surface area (Å²) in [4.78, 5) is 22.5. The Balaban J connectivity index is 2.69. The van der Waals surface area contributed by atoms with Crippen LogP contribution in [0, 0.1) is 6.92 Å². The molecule has 78 valence electrons. The fourth-order valence-corrected chi connectivity index (χ4v) is 1.84. The lowest BCUT2D eigenvalue weighted by Gasteiger charge is -2.08. The van der Waals surface area contributed by atoms with Crippen LogP contribution in [0.25, 0.3) is 0 Å². The first-order valence-corrected chi connectivity index (χ1v) is 5.33. The van der Waals surface area contributed by atoms with Gasteiger partial charge in [0.25, 0.3) is 0 Å². The molecule has 0 fully saturated rings. The molecule has 1 N–H and O–H groups in total. The fourth-order valence-electron chi connectivity index (χ4n) is 1.11. The molecule has 1 aromatic heterocycles. The summed E-state index contributed by atoms with van der Waals surface area (Å²) in [7, 11) is 0. The maximum absolute atomic E-state index is 11.4. The van der Waals surface area contributed by atoms with E-state index in [0.29, 0.717) is 0 Å². The van der Waals surface area contributed by atoms with Crippen LogP contribution < -0.4 is 10.2 Å². The van der Waals surface area contributed by atoms with Crippen molar-refractivity contribution in [2.45, 2.75) is 33.4 Å². The van der Waals surface area contributed by atoms with Gasteiger partial charge >= 0.3 is 4.87 Å². The van der Waals surface area contributed by atoms with Gasteiger partial charge in [0.1, 0.15) is 6.54 Å². The lowest BCUT2D eigenvalue weighted by atomic mass is 10.4. The number of carbonyl (C=O) groups is 1. The third kappa shape index (κ3) is 2.70. The van der Waals surface area contributed by atoms with Gasteiger partial charge in [0.15, 0.2) is 0 Å². The van der Waals surface area contributed by atoms with Crippen molar-refractivity contribution in [1.82, 2.24) is 9.88 Å². The predicted octanol–water partition coefficient (Wildman–Crippen LogP) is 0.743. The van der Waals surface area contributed by atoms with Gasteiger partial charge in [-0.25, -0.2) is 0 Å². The number of thiazole rings is 1. The zero-order valence-electron chi connectivity index (χ0n) is 8.53. The molecule has 0 saturated heterocycles. The highest BCUT2D eigenvalue weighted by atomic mass is 32.1. The molecule has 0 bridgehead atoms. The minimum absolute atomic E-state index is 0.0820. The van der Waals surface area contributed by atoms with Crippen LogP contribution in [0.15, 0.2) is 10.2 Å². The molecule has 5 heteroatoms. The molecule has 1 rings (SSSR count). The summed E-state index contributed by atoms with van der Waals surface area (Å²) >= 11 is 1.12. The minimum Gasteiger partial charge on any atom is -0.352 e. The molecule has 1 amide bonds. The Morgan fingerprint density at radius 3 is 2.71 bits per heavy atom. The van der Waals surface area contributed by atoms with Gasteiger partial charge in [0.05, 0.1) is 0 Å². The monoisotopic (exact) mass is 214 g/mol. The Morgan fingerprint density at radius 2 is 2.29 bits per heavy atom. The number of hydrogen-bond acceptors (Lipinski definition) is 3. The summed E-state index contributed by atoms with van der Waals surface area (Å²) in [6.07, 6.45) is 0. The standard InChI is InChI=1S/C9H14N2O2S/c1-6(2)10-8(12)4-11-7(3)5-14-9(11)13/h5-6H,4H2,1-3H3,(H,10,12). The van der Waals surface area contributed by atoms with Crippen LogP contribution in [-0.4, -0.2) is 16.5 Å². The highest BCUT2D eigenvalue weighted by Crippen LogP contribution is 1.98. The summed E-state index contributed by atoms with van der Waals surface area (Å²) < 4.78 is 1.47. The Kier molecular flexibility index (Phi) is 3.46. The molecule has 0 unspecified atom stereocenters. The van der Waals surface area contributed by atoms with Crippen molar-refractivity contribution >= 4 is 17.2 Å². The second kappa shape index (κ2) is 4.41. The van der Waals surface area contributed by atoms with E-state index in [-0.39, 0.29) is 23.4 Å². The molecule has 0 aromatic carbocycles. The van der Waals surface area contributed by atoms with E-state index in [2.05, 4.69) is 5.32 Å². The van der Waals surface area contributed by atoms with Crippen molar-refractivity contribution in [3.63, 3.8) is 0 Å². The van der Waals surface area contributed by atoms with E-state index < -0.39 is 0 Å². The normalized spacial score (nSPS) is 10.6. The number of aromatic nitrogens is 1. The van der Waals surface area contributed by atoms with E-state index in [9.17, 15) is 9.59 Å². The quantitative estimate of drug-likeness (QED) is 0.807. The summed E-state index contributed by atoms with van der Waals surface area (Å²) in [6.45, 7) is 5.72. The van der Waals surface area contributed by atoms with Crippen LogP contribution in [-0.2, 0) is 11.3 Å². The first-order valence-electron chi connectivity index (χ1n) is 4.45. The van der Waals surface area contributed by atoms with E-state index in [1.54, 1.807) is 5.38 Å². The highest BCUT2D eigenvalue weighted by Gasteiger charge is 2.08. The second-order valence-corrected chi connectivity index (χ2v) is 4.27. The Morgan fingerprint density at radius 1 is 1.64 bits per heavy atom. The average Bonchev–Trinajstić information content (AvgIpc) is 2.34. The van der Waals surface area contributed by atoms with E-state index in [0.717, 1.165) is 17.0 Å².